The minimum Gasteiger partial charge on any atom is -0.383 e. The van der Waals surface area contributed by atoms with E-state index in [2.05, 4.69) is 5.10 Å². The van der Waals surface area contributed by atoms with Crippen LogP contribution >= 0.6 is 0 Å². The van der Waals surface area contributed by atoms with E-state index in [4.69, 9.17) is 5.73 Å². The molecule has 0 saturated carbocycles. The van der Waals surface area contributed by atoms with Gasteiger partial charge in [-0.3, -0.25) is 4.68 Å². The lowest BCUT2D eigenvalue weighted by molar-refractivity contribution is 0.553. The van der Waals surface area contributed by atoms with Crippen LogP contribution in [0.4, 0.5) is 5.82 Å². The molecule has 0 spiro atoms. The number of aryl methyl sites for hydroxylation is 2. The van der Waals surface area contributed by atoms with E-state index in [-0.39, 0.29) is 0 Å². The Morgan fingerprint density at radius 1 is 1.29 bits per heavy atom. The van der Waals surface area contributed by atoms with Crippen molar-refractivity contribution in [3.05, 3.63) is 35.5 Å². The summed E-state index contributed by atoms with van der Waals surface area (Å²) in [6, 6.07) is 7.81. The van der Waals surface area contributed by atoms with Gasteiger partial charge in [0.2, 0.25) is 0 Å². The van der Waals surface area contributed by atoms with E-state index < -0.39 is 14.6 Å². The Bertz CT molecular complexity index is 789. The van der Waals surface area contributed by atoms with Crippen molar-refractivity contribution in [3.8, 4) is 11.1 Å². The molecule has 2 aromatic rings. The monoisotopic (exact) mass is 307 g/mol. The second kappa shape index (κ2) is 4.87. The summed E-state index contributed by atoms with van der Waals surface area (Å²) in [6.45, 7) is 5.30. The quantitative estimate of drug-likeness (QED) is 0.943. The maximum atomic E-state index is 12.1. The SMILES string of the molecule is Cc1cccc(-c2c(C(C)(C)S(C)(=O)=O)nn(C)c2N)c1. The van der Waals surface area contributed by atoms with Crippen LogP contribution in [0.2, 0.25) is 0 Å². The highest BCUT2D eigenvalue weighted by atomic mass is 32.2. The fraction of sp³-hybridized carbons (Fsp3) is 0.400. The fourth-order valence-electron chi connectivity index (χ4n) is 2.22. The van der Waals surface area contributed by atoms with Gasteiger partial charge in [0.25, 0.3) is 0 Å². The lowest BCUT2D eigenvalue weighted by Gasteiger charge is -2.22. The Morgan fingerprint density at radius 3 is 2.43 bits per heavy atom. The number of aromatic nitrogens is 2. The van der Waals surface area contributed by atoms with E-state index in [1.807, 2.05) is 31.2 Å². The highest BCUT2D eigenvalue weighted by molar-refractivity contribution is 7.91. The van der Waals surface area contributed by atoms with Gasteiger partial charge in [0.05, 0.1) is 5.69 Å². The molecule has 21 heavy (non-hydrogen) atoms. The first-order valence-electron chi connectivity index (χ1n) is 6.65. The summed E-state index contributed by atoms with van der Waals surface area (Å²) in [5, 5.41) is 4.37. The number of nitrogen functional groups attached to an aromatic ring is 1. The number of nitrogens with zero attached hydrogens (tertiary/aromatic N) is 2. The van der Waals surface area contributed by atoms with Gasteiger partial charge < -0.3 is 5.73 Å². The average molecular weight is 307 g/mol. The van der Waals surface area contributed by atoms with Crippen molar-refractivity contribution in [2.24, 2.45) is 7.05 Å². The van der Waals surface area contributed by atoms with Crippen LogP contribution in [0.1, 0.15) is 25.1 Å². The van der Waals surface area contributed by atoms with Crippen molar-refractivity contribution in [1.29, 1.82) is 0 Å². The number of nitrogens with two attached hydrogens (primary N) is 1. The summed E-state index contributed by atoms with van der Waals surface area (Å²) in [6.07, 6.45) is 1.22. The van der Waals surface area contributed by atoms with Crippen molar-refractivity contribution in [3.63, 3.8) is 0 Å². The second-order valence-corrected chi connectivity index (χ2v) is 8.45. The lowest BCUT2D eigenvalue weighted by Crippen LogP contribution is -2.29. The number of rotatable bonds is 3. The van der Waals surface area contributed by atoms with Crippen LogP contribution in [-0.2, 0) is 21.6 Å². The summed E-state index contributed by atoms with van der Waals surface area (Å²) < 4.78 is 24.7. The predicted molar refractivity (Wildman–Crippen MR) is 85.7 cm³/mol. The maximum Gasteiger partial charge on any atom is 0.158 e. The Morgan fingerprint density at radius 2 is 1.90 bits per heavy atom. The molecule has 0 atom stereocenters. The molecule has 5 nitrogen and oxygen atoms in total. The summed E-state index contributed by atoms with van der Waals surface area (Å²) in [7, 11) is -1.61. The van der Waals surface area contributed by atoms with Crippen molar-refractivity contribution in [2.45, 2.75) is 25.5 Å². The summed E-state index contributed by atoms with van der Waals surface area (Å²) in [5.74, 6) is 0.465. The van der Waals surface area contributed by atoms with Gasteiger partial charge >= 0.3 is 0 Å². The van der Waals surface area contributed by atoms with E-state index in [0.29, 0.717) is 17.1 Å². The molecule has 0 amide bonds. The highest BCUT2D eigenvalue weighted by Crippen LogP contribution is 2.39. The van der Waals surface area contributed by atoms with Crippen molar-refractivity contribution >= 4 is 15.7 Å². The molecular formula is C15H21N3O2S. The molecule has 0 aliphatic rings. The van der Waals surface area contributed by atoms with E-state index in [1.54, 1.807) is 20.9 Å². The highest BCUT2D eigenvalue weighted by Gasteiger charge is 2.38. The van der Waals surface area contributed by atoms with E-state index >= 15 is 0 Å². The van der Waals surface area contributed by atoms with Gasteiger partial charge in [-0.2, -0.15) is 5.10 Å². The van der Waals surface area contributed by atoms with Gasteiger partial charge in [0.1, 0.15) is 10.6 Å². The Kier molecular flexibility index (Phi) is 3.61. The minimum atomic E-state index is -3.33. The molecule has 0 bridgehead atoms. The molecule has 0 unspecified atom stereocenters. The molecule has 0 radical (unpaired) electrons. The summed E-state index contributed by atoms with van der Waals surface area (Å²) in [4.78, 5) is 0. The third-order valence-electron chi connectivity index (χ3n) is 3.90. The van der Waals surface area contributed by atoms with Crippen LogP contribution < -0.4 is 5.73 Å². The third kappa shape index (κ3) is 2.55. The molecule has 2 N–H and O–H groups in total. The van der Waals surface area contributed by atoms with E-state index in [0.717, 1.165) is 11.1 Å². The maximum absolute atomic E-state index is 12.1. The van der Waals surface area contributed by atoms with Crippen LogP contribution in [-0.4, -0.2) is 24.5 Å². The van der Waals surface area contributed by atoms with Crippen LogP contribution in [0.15, 0.2) is 24.3 Å². The topological polar surface area (TPSA) is 78.0 Å². The number of hydrogen-bond donors (Lipinski definition) is 1. The standard InChI is InChI=1S/C15H21N3O2S/c1-10-7-6-8-11(9-10)12-13(17-18(4)14(12)16)15(2,3)21(5,19)20/h6-9H,16H2,1-5H3. The first kappa shape index (κ1) is 15.6. The van der Waals surface area contributed by atoms with Crippen LogP contribution in [0, 0.1) is 6.92 Å². The first-order chi connectivity index (χ1) is 9.55. The minimum absolute atomic E-state index is 0.465. The molecule has 1 aromatic heterocycles. The van der Waals surface area contributed by atoms with E-state index in [9.17, 15) is 8.42 Å². The second-order valence-electron chi connectivity index (χ2n) is 5.88. The Balaban J connectivity index is 2.79. The average Bonchev–Trinajstić information content (AvgIpc) is 2.65. The fourth-order valence-corrected chi connectivity index (χ4v) is 2.71. The zero-order valence-electron chi connectivity index (χ0n) is 13.0. The summed E-state index contributed by atoms with van der Waals surface area (Å²) >= 11 is 0. The Labute approximate surface area is 125 Å². The van der Waals surface area contributed by atoms with Gasteiger partial charge in [-0.05, 0) is 26.3 Å². The molecule has 6 heteroatoms. The number of anilines is 1. The molecule has 1 heterocycles. The molecule has 2 rings (SSSR count). The number of benzene rings is 1. The zero-order chi connectivity index (χ0) is 16.0. The lowest BCUT2D eigenvalue weighted by atomic mass is 9.97. The molecule has 0 aliphatic carbocycles. The van der Waals surface area contributed by atoms with Crippen LogP contribution in [0.3, 0.4) is 0 Å². The van der Waals surface area contributed by atoms with Gasteiger partial charge in [-0.25, -0.2) is 8.42 Å². The Hall–Kier alpha value is -1.82. The predicted octanol–water partition coefficient (Wildman–Crippen LogP) is 2.26. The van der Waals surface area contributed by atoms with Gasteiger partial charge in [-0.15, -0.1) is 0 Å². The zero-order valence-corrected chi connectivity index (χ0v) is 13.8. The van der Waals surface area contributed by atoms with Gasteiger partial charge in [0, 0.05) is 18.9 Å². The molecular weight excluding hydrogens is 286 g/mol. The number of hydrogen-bond acceptors (Lipinski definition) is 4. The van der Waals surface area contributed by atoms with Crippen molar-refractivity contribution in [2.75, 3.05) is 12.0 Å². The van der Waals surface area contributed by atoms with Crippen molar-refractivity contribution in [1.82, 2.24) is 9.78 Å². The van der Waals surface area contributed by atoms with E-state index in [1.165, 1.54) is 10.9 Å². The normalized spacial score (nSPS) is 12.6. The molecule has 0 aliphatic heterocycles. The largest absolute Gasteiger partial charge is 0.383 e. The molecule has 0 saturated heterocycles. The van der Waals surface area contributed by atoms with Gasteiger partial charge in [0.15, 0.2) is 9.84 Å². The smallest absolute Gasteiger partial charge is 0.158 e. The summed E-state index contributed by atoms with van der Waals surface area (Å²) in [5.41, 5.74) is 9.27. The molecule has 0 fully saturated rings. The molecule has 1 aromatic carbocycles. The van der Waals surface area contributed by atoms with Crippen LogP contribution in [0.5, 0.6) is 0 Å². The third-order valence-corrected chi connectivity index (χ3v) is 5.94. The van der Waals surface area contributed by atoms with Gasteiger partial charge in [-0.1, -0.05) is 29.8 Å². The first-order valence-corrected chi connectivity index (χ1v) is 8.54. The van der Waals surface area contributed by atoms with Crippen molar-refractivity contribution < 1.29 is 8.42 Å². The van der Waals surface area contributed by atoms with Crippen LogP contribution in [0.25, 0.3) is 11.1 Å². The number of sulfone groups is 1. The molecule has 114 valence electrons.